The minimum atomic E-state index is -1.29. The first kappa shape index (κ1) is 20.4. The molecule has 7 heteroatoms. The van der Waals surface area contributed by atoms with E-state index in [4.69, 9.17) is 15.8 Å². The van der Waals surface area contributed by atoms with Gasteiger partial charge in [0.2, 0.25) is 5.91 Å². The van der Waals surface area contributed by atoms with Crippen LogP contribution in [0.2, 0.25) is 6.32 Å². The Kier molecular flexibility index (Phi) is 7.07. The number of hydrogen-bond acceptors (Lipinski definition) is 5. The molecule has 0 aromatic rings. The zero-order valence-corrected chi connectivity index (χ0v) is 15.3. The molecule has 0 bridgehead atoms. The number of nitrogens with two attached hydrogens (primary N) is 1. The maximum Gasteiger partial charge on any atom is 0.451 e. The van der Waals surface area contributed by atoms with E-state index in [1.807, 2.05) is 34.9 Å². The Balaban J connectivity index is 2.88. The maximum absolute atomic E-state index is 12.9. The molecule has 6 nitrogen and oxygen atoms in total. The van der Waals surface area contributed by atoms with Gasteiger partial charge in [-0.25, -0.2) is 0 Å². The van der Waals surface area contributed by atoms with Crippen molar-refractivity contribution in [2.24, 2.45) is 17.6 Å². The summed E-state index contributed by atoms with van der Waals surface area (Å²) in [5.41, 5.74) is 5.41. The predicted octanol–water partition coefficient (Wildman–Crippen LogP) is 0.439. The van der Waals surface area contributed by atoms with Crippen molar-refractivity contribution in [3.63, 3.8) is 0 Å². The molecule has 1 fully saturated rings. The maximum atomic E-state index is 12.9. The highest BCUT2D eigenvalue weighted by molar-refractivity contribution is 6.40. The van der Waals surface area contributed by atoms with Crippen molar-refractivity contribution < 1.29 is 14.8 Å². The number of amides is 1. The minimum Gasteiger partial charge on any atom is -0.427 e. The number of rotatable bonds is 6. The second-order valence-corrected chi connectivity index (χ2v) is 8.41. The van der Waals surface area contributed by atoms with Gasteiger partial charge in [0, 0.05) is 12.1 Å². The molecule has 0 saturated heterocycles. The fourth-order valence-electron chi connectivity index (χ4n) is 3.50. The summed E-state index contributed by atoms with van der Waals surface area (Å²) in [6.07, 6.45) is 3.49. The molecule has 0 spiro atoms. The number of hydrogen-bond donors (Lipinski definition) is 4. The molecule has 1 rings (SSSR count). The molecule has 5 N–H and O–H groups in total. The predicted molar refractivity (Wildman–Crippen MR) is 93.8 cm³/mol. The van der Waals surface area contributed by atoms with Crippen molar-refractivity contribution in [3.05, 3.63) is 0 Å². The molecule has 1 aliphatic rings. The SMILES string of the molecule is CN(C)C[C@@H]1CC[C@@H](CCB(O)O)C[C@]1(N)C(=O)NC(C)(C)C. The van der Waals surface area contributed by atoms with Gasteiger partial charge in [-0.1, -0.05) is 6.42 Å². The third-order valence-electron chi connectivity index (χ3n) is 4.61. The van der Waals surface area contributed by atoms with Crippen LogP contribution in [0.5, 0.6) is 0 Å². The Labute approximate surface area is 140 Å². The Hall–Kier alpha value is -0.625. The zero-order valence-electron chi connectivity index (χ0n) is 15.3. The summed E-state index contributed by atoms with van der Waals surface area (Å²) in [5, 5.41) is 21.2. The number of carbonyl (C=O) groups excluding carboxylic acids is 1. The smallest absolute Gasteiger partial charge is 0.427 e. The lowest BCUT2D eigenvalue weighted by Crippen LogP contribution is -2.65. The number of carbonyl (C=O) groups is 1. The highest BCUT2D eigenvalue weighted by Crippen LogP contribution is 2.38. The standard InChI is InChI=1S/C16H34BN3O3/c1-15(2,3)19-14(21)16(18)10-12(8-9-17(22)23)6-7-13(16)11-20(4)5/h12-13,22-23H,6-11,18H2,1-5H3,(H,19,21)/t12-,13-,16+/m0/s1. The highest BCUT2D eigenvalue weighted by Gasteiger charge is 2.47. The summed E-state index contributed by atoms with van der Waals surface area (Å²) in [6, 6.07) is 0. The van der Waals surface area contributed by atoms with Crippen LogP contribution in [-0.4, -0.2) is 59.7 Å². The van der Waals surface area contributed by atoms with Crippen molar-refractivity contribution >= 4 is 13.0 Å². The molecule has 134 valence electrons. The van der Waals surface area contributed by atoms with E-state index in [0.29, 0.717) is 19.2 Å². The van der Waals surface area contributed by atoms with Gasteiger partial charge in [0.05, 0.1) is 5.54 Å². The normalized spacial score (nSPS) is 28.7. The van der Waals surface area contributed by atoms with Gasteiger partial charge in [-0.3, -0.25) is 4.79 Å². The van der Waals surface area contributed by atoms with Crippen LogP contribution in [0, 0.1) is 11.8 Å². The molecule has 1 saturated carbocycles. The van der Waals surface area contributed by atoms with Gasteiger partial charge in [0.1, 0.15) is 0 Å². The van der Waals surface area contributed by atoms with Gasteiger partial charge in [-0.05, 0) is 72.3 Å². The average molecular weight is 327 g/mol. The van der Waals surface area contributed by atoms with Crippen LogP contribution in [-0.2, 0) is 4.79 Å². The first-order valence-corrected chi connectivity index (χ1v) is 8.56. The second-order valence-electron chi connectivity index (χ2n) is 8.41. The van der Waals surface area contributed by atoms with Crippen molar-refractivity contribution in [2.45, 2.75) is 63.9 Å². The minimum absolute atomic E-state index is 0.0916. The Morgan fingerprint density at radius 2 is 1.96 bits per heavy atom. The Morgan fingerprint density at radius 1 is 1.35 bits per heavy atom. The molecule has 1 aliphatic carbocycles. The van der Waals surface area contributed by atoms with E-state index in [9.17, 15) is 4.79 Å². The summed E-state index contributed by atoms with van der Waals surface area (Å²) in [4.78, 5) is 14.9. The van der Waals surface area contributed by atoms with Crippen molar-refractivity contribution in [1.29, 1.82) is 0 Å². The monoisotopic (exact) mass is 327 g/mol. The van der Waals surface area contributed by atoms with E-state index in [1.165, 1.54) is 0 Å². The second kappa shape index (κ2) is 7.97. The van der Waals surface area contributed by atoms with E-state index in [2.05, 4.69) is 10.2 Å². The van der Waals surface area contributed by atoms with Gasteiger partial charge >= 0.3 is 7.12 Å². The Morgan fingerprint density at radius 3 is 2.43 bits per heavy atom. The quantitative estimate of drug-likeness (QED) is 0.531. The molecule has 0 aromatic carbocycles. The molecule has 1 amide bonds. The van der Waals surface area contributed by atoms with Gasteiger partial charge in [-0.2, -0.15) is 0 Å². The number of nitrogens with one attached hydrogen (secondary N) is 1. The fourth-order valence-corrected chi connectivity index (χ4v) is 3.50. The lowest BCUT2D eigenvalue weighted by atomic mass is 9.65. The molecular weight excluding hydrogens is 293 g/mol. The van der Waals surface area contributed by atoms with E-state index >= 15 is 0 Å². The first-order valence-electron chi connectivity index (χ1n) is 8.56. The largest absolute Gasteiger partial charge is 0.451 e. The van der Waals surface area contributed by atoms with E-state index in [0.717, 1.165) is 19.4 Å². The highest BCUT2D eigenvalue weighted by atomic mass is 16.4. The summed E-state index contributed by atoms with van der Waals surface area (Å²) >= 11 is 0. The van der Waals surface area contributed by atoms with Crippen molar-refractivity contribution in [1.82, 2.24) is 10.2 Å². The Bertz CT molecular complexity index is 399. The molecule has 0 heterocycles. The zero-order chi connectivity index (χ0) is 17.8. The lowest BCUT2D eigenvalue weighted by Gasteiger charge is -2.45. The molecular formula is C16H34BN3O3. The fraction of sp³-hybridized carbons (Fsp3) is 0.938. The third kappa shape index (κ3) is 6.41. The van der Waals surface area contributed by atoms with Crippen LogP contribution in [0.4, 0.5) is 0 Å². The van der Waals surface area contributed by atoms with Gasteiger partial charge in [-0.15, -0.1) is 0 Å². The summed E-state index contributed by atoms with van der Waals surface area (Å²) in [6.45, 7) is 6.65. The van der Waals surface area contributed by atoms with Crippen molar-refractivity contribution in [2.75, 3.05) is 20.6 Å². The van der Waals surface area contributed by atoms with Gasteiger partial charge in [0.25, 0.3) is 0 Å². The topological polar surface area (TPSA) is 98.8 Å². The van der Waals surface area contributed by atoms with E-state index < -0.39 is 12.7 Å². The van der Waals surface area contributed by atoms with E-state index in [1.54, 1.807) is 0 Å². The van der Waals surface area contributed by atoms with E-state index in [-0.39, 0.29) is 23.3 Å². The molecule has 23 heavy (non-hydrogen) atoms. The van der Waals surface area contributed by atoms with Gasteiger partial charge < -0.3 is 26.0 Å². The molecule has 0 unspecified atom stereocenters. The number of nitrogens with zero attached hydrogens (tertiary/aromatic N) is 1. The average Bonchev–Trinajstić information content (AvgIpc) is 2.36. The molecule has 0 radical (unpaired) electrons. The third-order valence-corrected chi connectivity index (χ3v) is 4.61. The molecule has 0 aliphatic heterocycles. The van der Waals surface area contributed by atoms with Crippen LogP contribution < -0.4 is 11.1 Å². The van der Waals surface area contributed by atoms with Crippen LogP contribution in [0.1, 0.15) is 46.5 Å². The summed E-state index contributed by atoms with van der Waals surface area (Å²) in [5.74, 6) is 0.271. The first-order chi connectivity index (χ1) is 10.4. The van der Waals surface area contributed by atoms with Crippen LogP contribution >= 0.6 is 0 Å². The lowest BCUT2D eigenvalue weighted by molar-refractivity contribution is -0.132. The van der Waals surface area contributed by atoms with Crippen molar-refractivity contribution in [3.8, 4) is 0 Å². The summed E-state index contributed by atoms with van der Waals surface area (Å²) < 4.78 is 0. The van der Waals surface area contributed by atoms with Crippen LogP contribution in [0.25, 0.3) is 0 Å². The molecule has 0 aromatic heterocycles. The molecule has 3 atom stereocenters. The van der Waals surface area contributed by atoms with Gasteiger partial charge in [0.15, 0.2) is 0 Å². The van der Waals surface area contributed by atoms with Crippen LogP contribution in [0.3, 0.4) is 0 Å². The summed E-state index contributed by atoms with van der Waals surface area (Å²) in [7, 11) is 2.71. The van der Waals surface area contributed by atoms with Crippen LogP contribution in [0.15, 0.2) is 0 Å².